The van der Waals surface area contributed by atoms with E-state index in [1.54, 1.807) is 23.2 Å². The molecule has 2 atom stereocenters. The number of aromatic nitrogens is 2. The summed E-state index contributed by atoms with van der Waals surface area (Å²) in [5.41, 5.74) is 2.29. The van der Waals surface area contributed by atoms with Gasteiger partial charge in [0.1, 0.15) is 5.82 Å². The molecule has 0 saturated carbocycles. The first-order valence-corrected chi connectivity index (χ1v) is 8.71. The van der Waals surface area contributed by atoms with E-state index in [-0.39, 0.29) is 11.9 Å². The SMILES string of the molecule is O=C(c1ccccc1)N1CC[C@@H](Nc2cnc3ccccc3n2)[C@H](O)C1. The van der Waals surface area contributed by atoms with Gasteiger partial charge in [-0.15, -0.1) is 0 Å². The quantitative estimate of drug-likeness (QED) is 0.759. The van der Waals surface area contributed by atoms with Crippen molar-refractivity contribution in [3.05, 3.63) is 66.4 Å². The fourth-order valence-corrected chi connectivity index (χ4v) is 3.26. The maximum atomic E-state index is 12.5. The molecule has 2 aromatic carbocycles. The average Bonchev–Trinajstić information content (AvgIpc) is 2.69. The first kappa shape index (κ1) is 16.5. The van der Waals surface area contributed by atoms with Gasteiger partial charge in [0.25, 0.3) is 5.91 Å². The Balaban J connectivity index is 1.42. The standard InChI is InChI=1S/C20H20N4O2/c25-18-13-24(20(26)14-6-2-1-3-7-14)11-10-17(18)23-19-12-21-15-8-4-5-9-16(15)22-19/h1-9,12,17-18,25H,10-11,13H2,(H,22,23)/t17-,18-/m1/s1. The lowest BCUT2D eigenvalue weighted by molar-refractivity contribution is 0.0426. The Morgan fingerprint density at radius 3 is 2.58 bits per heavy atom. The summed E-state index contributed by atoms with van der Waals surface area (Å²) in [5.74, 6) is 0.587. The van der Waals surface area contributed by atoms with Crippen LogP contribution in [0.25, 0.3) is 11.0 Å². The van der Waals surface area contributed by atoms with Crippen LogP contribution in [-0.4, -0.2) is 51.1 Å². The number of rotatable bonds is 3. The Hall–Kier alpha value is -2.99. The van der Waals surface area contributed by atoms with Crippen LogP contribution in [0.15, 0.2) is 60.8 Å². The number of amides is 1. The van der Waals surface area contributed by atoms with Crippen molar-refractivity contribution in [1.29, 1.82) is 0 Å². The van der Waals surface area contributed by atoms with Gasteiger partial charge in [-0.05, 0) is 30.7 Å². The number of nitrogens with one attached hydrogen (secondary N) is 1. The Kier molecular flexibility index (Phi) is 4.50. The lowest BCUT2D eigenvalue weighted by Crippen LogP contribution is -2.51. The second kappa shape index (κ2) is 7.09. The van der Waals surface area contributed by atoms with Crippen LogP contribution in [0.2, 0.25) is 0 Å². The van der Waals surface area contributed by atoms with Crippen molar-refractivity contribution in [3.63, 3.8) is 0 Å². The van der Waals surface area contributed by atoms with E-state index < -0.39 is 6.10 Å². The van der Waals surface area contributed by atoms with E-state index in [9.17, 15) is 9.90 Å². The van der Waals surface area contributed by atoms with Crippen molar-refractivity contribution in [2.24, 2.45) is 0 Å². The predicted molar refractivity (Wildman–Crippen MR) is 99.9 cm³/mol. The normalized spacial score (nSPS) is 20.1. The average molecular weight is 348 g/mol. The van der Waals surface area contributed by atoms with Gasteiger partial charge in [0, 0.05) is 18.7 Å². The highest BCUT2D eigenvalue weighted by atomic mass is 16.3. The minimum absolute atomic E-state index is 0.0476. The van der Waals surface area contributed by atoms with Gasteiger partial charge in [-0.1, -0.05) is 30.3 Å². The lowest BCUT2D eigenvalue weighted by Gasteiger charge is -2.36. The molecule has 1 aliphatic rings. The molecule has 1 amide bonds. The molecule has 2 N–H and O–H groups in total. The van der Waals surface area contributed by atoms with Crippen LogP contribution in [0.1, 0.15) is 16.8 Å². The Morgan fingerprint density at radius 2 is 1.81 bits per heavy atom. The summed E-state index contributed by atoms with van der Waals surface area (Å²) >= 11 is 0. The summed E-state index contributed by atoms with van der Waals surface area (Å²) in [5, 5.41) is 13.8. The number of aliphatic hydroxyl groups is 1. The number of para-hydroxylation sites is 2. The van der Waals surface area contributed by atoms with E-state index in [1.807, 2.05) is 42.5 Å². The van der Waals surface area contributed by atoms with Gasteiger partial charge >= 0.3 is 0 Å². The van der Waals surface area contributed by atoms with Crippen LogP contribution < -0.4 is 5.32 Å². The third-order valence-electron chi connectivity index (χ3n) is 4.67. The number of carbonyl (C=O) groups excluding carboxylic acids is 1. The second-order valence-electron chi connectivity index (χ2n) is 6.47. The fourth-order valence-electron chi connectivity index (χ4n) is 3.26. The molecule has 0 bridgehead atoms. The molecule has 3 aromatic rings. The fraction of sp³-hybridized carbons (Fsp3) is 0.250. The number of β-amino-alcohol motifs (C(OH)–C–C–N with tert-alkyl or cyclic N) is 1. The number of anilines is 1. The zero-order chi connectivity index (χ0) is 17.9. The number of hydrogen-bond acceptors (Lipinski definition) is 5. The first-order chi connectivity index (χ1) is 12.7. The summed E-state index contributed by atoms with van der Waals surface area (Å²) in [4.78, 5) is 23.2. The van der Waals surface area contributed by atoms with Crippen LogP contribution in [0, 0.1) is 0 Å². The second-order valence-corrected chi connectivity index (χ2v) is 6.47. The minimum atomic E-state index is -0.662. The third kappa shape index (κ3) is 3.36. The summed E-state index contributed by atoms with van der Waals surface area (Å²) < 4.78 is 0. The van der Waals surface area contributed by atoms with E-state index in [0.717, 1.165) is 11.0 Å². The van der Waals surface area contributed by atoms with Gasteiger partial charge in [-0.25, -0.2) is 4.98 Å². The summed E-state index contributed by atoms with van der Waals surface area (Å²) in [6.45, 7) is 0.885. The highest BCUT2D eigenvalue weighted by Gasteiger charge is 2.30. The van der Waals surface area contributed by atoms with Gasteiger partial charge < -0.3 is 15.3 Å². The maximum Gasteiger partial charge on any atom is 0.253 e. The topological polar surface area (TPSA) is 78.4 Å². The van der Waals surface area contributed by atoms with Crippen LogP contribution in [0.4, 0.5) is 5.82 Å². The molecule has 0 spiro atoms. The van der Waals surface area contributed by atoms with Crippen LogP contribution in [0.5, 0.6) is 0 Å². The molecule has 0 unspecified atom stereocenters. The van der Waals surface area contributed by atoms with Crippen LogP contribution in [-0.2, 0) is 0 Å². The molecule has 132 valence electrons. The molecule has 6 nitrogen and oxygen atoms in total. The molecule has 6 heteroatoms. The molecule has 2 heterocycles. The maximum absolute atomic E-state index is 12.5. The van der Waals surface area contributed by atoms with Crippen molar-refractivity contribution in [1.82, 2.24) is 14.9 Å². The Labute approximate surface area is 151 Å². The number of hydrogen-bond donors (Lipinski definition) is 2. The van der Waals surface area contributed by atoms with Crippen molar-refractivity contribution in [3.8, 4) is 0 Å². The number of likely N-dealkylation sites (tertiary alicyclic amines) is 1. The summed E-state index contributed by atoms with van der Waals surface area (Å²) in [7, 11) is 0. The Morgan fingerprint density at radius 1 is 1.08 bits per heavy atom. The Bertz CT molecular complexity index is 916. The van der Waals surface area contributed by atoms with E-state index in [0.29, 0.717) is 30.9 Å². The van der Waals surface area contributed by atoms with Crippen LogP contribution in [0.3, 0.4) is 0 Å². The number of aliphatic hydroxyl groups excluding tert-OH is 1. The van der Waals surface area contributed by atoms with Gasteiger partial charge in [-0.3, -0.25) is 9.78 Å². The van der Waals surface area contributed by atoms with Crippen molar-refractivity contribution in [2.45, 2.75) is 18.6 Å². The van der Waals surface area contributed by atoms with E-state index in [4.69, 9.17) is 0 Å². The first-order valence-electron chi connectivity index (χ1n) is 8.71. The van der Waals surface area contributed by atoms with Gasteiger partial charge in [-0.2, -0.15) is 0 Å². The lowest BCUT2D eigenvalue weighted by atomic mass is 10.0. The zero-order valence-electron chi connectivity index (χ0n) is 14.2. The molecule has 1 aliphatic heterocycles. The van der Waals surface area contributed by atoms with E-state index >= 15 is 0 Å². The monoisotopic (exact) mass is 348 g/mol. The molecule has 26 heavy (non-hydrogen) atoms. The predicted octanol–water partition coefficient (Wildman–Crippen LogP) is 2.32. The van der Waals surface area contributed by atoms with Gasteiger partial charge in [0.2, 0.25) is 0 Å². The number of benzene rings is 2. The van der Waals surface area contributed by atoms with Crippen LogP contribution >= 0.6 is 0 Å². The van der Waals surface area contributed by atoms with E-state index in [2.05, 4.69) is 15.3 Å². The number of piperidine rings is 1. The van der Waals surface area contributed by atoms with Gasteiger partial charge in [0.15, 0.2) is 0 Å². The minimum Gasteiger partial charge on any atom is -0.389 e. The number of nitrogens with zero attached hydrogens (tertiary/aromatic N) is 3. The molecule has 1 saturated heterocycles. The highest BCUT2D eigenvalue weighted by Crippen LogP contribution is 2.19. The number of carbonyl (C=O) groups is 1. The van der Waals surface area contributed by atoms with Crippen molar-refractivity contribution >= 4 is 22.8 Å². The largest absolute Gasteiger partial charge is 0.389 e. The number of fused-ring (bicyclic) bond motifs is 1. The van der Waals surface area contributed by atoms with E-state index in [1.165, 1.54) is 0 Å². The molecular weight excluding hydrogens is 328 g/mol. The molecule has 0 radical (unpaired) electrons. The smallest absolute Gasteiger partial charge is 0.253 e. The molecule has 4 rings (SSSR count). The summed E-state index contributed by atoms with van der Waals surface area (Å²) in [6, 6.07) is 16.7. The third-order valence-corrected chi connectivity index (χ3v) is 4.67. The molecule has 0 aliphatic carbocycles. The molecule has 1 aromatic heterocycles. The van der Waals surface area contributed by atoms with Crippen molar-refractivity contribution < 1.29 is 9.90 Å². The molecular formula is C20H20N4O2. The summed E-state index contributed by atoms with van der Waals surface area (Å²) in [6.07, 6.45) is 1.66. The van der Waals surface area contributed by atoms with Gasteiger partial charge in [0.05, 0.1) is 29.4 Å². The van der Waals surface area contributed by atoms with Crippen molar-refractivity contribution in [2.75, 3.05) is 18.4 Å². The molecule has 1 fully saturated rings. The zero-order valence-corrected chi connectivity index (χ0v) is 14.2. The highest BCUT2D eigenvalue weighted by molar-refractivity contribution is 5.94.